The molecule has 0 aromatic heterocycles. The van der Waals surface area contributed by atoms with Crippen molar-refractivity contribution in [2.24, 2.45) is 0 Å². The molecule has 0 aliphatic carbocycles. The molecular weight excluding hydrogens is 342 g/mol. The van der Waals surface area contributed by atoms with Crippen LogP contribution in [0.15, 0.2) is 26.7 Å². The number of rotatable bonds is 2. The van der Waals surface area contributed by atoms with E-state index in [2.05, 4.69) is 31.9 Å². The fourth-order valence-corrected chi connectivity index (χ4v) is 2.20. The molecule has 0 spiro atoms. The minimum Gasteiger partial charge on any atom is -0.506 e. The Labute approximate surface area is 108 Å². The predicted molar refractivity (Wildman–Crippen MR) is 64.7 cm³/mol. The summed E-state index contributed by atoms with van der Waals surface area (Å²) in [4.78, 5) is 10.6. The van der Waals surface area contributed by atoms with E-state index in [9.17, 15) is 9.90 Å². The maximum atomic E-state index is 10.6. The van der Waals surface area contributed by atoms with E-state index in [1.54, 1.807) is 6.07 Å². The maximum absolute atomic E-state index is 10.6. The van der Waals surface area contributed by atoms with Gasteiger partial charge in [0.2, 0.25) is 0 Å². The van der Waals surface area contributed by atoms with Gasteiger partial charge in [-0.05, 0) is 55.6 Å². The molecule has 0 bridgehead atoms. The fraction of sp³-hybridized carbons (Fsp3) is 0. The molecule has 0 saturated heterocycles. The van der Waals surface area contributed by atoms with Gasteiger partial charge in [-0.15, -0.1) is 0 Å². The van der Waals surface area contributed by atoms with Crippen LogP contribution in [0.25, 0.3) is 6.08 Å². The van der Waals surface area contributed by atoms with Gasteiger partial charge in [0.25, 0.3) is 0 Å². The number of phenols is 1. The highest BCUT2D eigenvalue weighted by molar-refractivity contribution is 9.11. The van der Waals surface area contributed by atoms with E-state index in [4.69, 9.17) is 10.4 Å². The average Bonchev–Trinajstić information content (AvgIpc) is 2.21. The highest BCUT2D eigenvalue weighted by Crippen LogP contribution is 2.33. The molecule has 1 aromatic rings. The van der Waals surface area contributed by atoms with Crippen molar-refractivity contribution in [1.29, 1.82) is 5.26 Å². The Morgan fingerprint density at radius 3 is 2.25 bits per heavy atom. The summed E-state index contributed by atoms with van der Waals surface area (Å²) in [6.45, 7) is 0. The molecule has 0 atom stereocenters. The second-order valence-electron chi connectivity index (χ2n) is 2.81. The van der Waals surface area contributed by atoms with E-state index in [1.165, 1.54) is 18.2 Å². The van der Waals surface area contributed by atoms with Crippen molar-refractivity contribution in [3.63, 3.8) is 0 Å². The summed E-state index contributed by atoms with van der Waals surface area (Å²) < 4.78 is 0.826. The molecule has 0 unspecified atom stereocenters. The summed E-state index contributed by atoms with van der Waals surface area (Å²) in [7, 11) is 0. The number of aliphatic carboxylic acids is 1. The van der Waals surface area contributed by atoms with E-state index in [0.29, 0.717) is 14.5 Å². The number of aromatic hydroxyl groups is 1. The third-order valence-electron chi connectivity index (χ3n) is 1.70. The summed E-state index contributed by atoms with van der Waals surface area (Å²) in [5.41, 5.74) is 0.125. The molecule has 82 valence electrons. The summed E-state index contributed by atoms with van der Waals surface area (Å²) >= 11 is 6.21. The number of benzene rings is 1. The van der Waals surface area contributed by atoms with Crippen LogP contribution in [0.4, 0.5) is 0 Å². The van der Waals surface area contributed by atoms with Gasteiger partial charge in [0.05, 0.1) is 8.95 Å². The Morgan fingerprint density at radius 1 is 1.38 bits per heavy atom. The number of carboxylic acids is 1. The Morgan fingerprint density at radius 2 is 1.88 bits per heavy atom. The van der Waals surface area contributed by atoms with Gasteiger partial charge < -0.3 is 10.2 Å². The Balaban J connectivity index is 3.27. The number of phenolic OH excluding ortho intramolecular Hbond substituents is 1. The van der Waals surface area contributed by atoms with Crippen LogP contribution in [-0.4, -0.2) is 16.2 Å². The molecule has 1 aromatic carbocycles. The van der Waals surface area contributed by atoms with Crippen molar-refractivity contribution in [2.45, 2.75) is 0 Å². The van der Waals surface area contributed by atoms with Crippen LogP contribution in [0.3, 0.4) is 0 Å². The molecule has 0 aliphatic rings. The zero-order chi connectivity index (χ0) is 12.3. The van der Waals surface area contributed by atoms with Crippen molar-refractivity contribution < 1.29 is 15.0 Å². The van der Waals surface area contributed by atoms with Crippen LogP contribution in [-0.2, 0) is 4.79 Å². The van der Waals surface area contributed by atoms with E-state index in [-0.39, 0.29) is 11.3 Å². The molecule has 0 saturated carbocycles. The van der Waals surface area contributed by atoms with Gasteiger partial charge in [-0.1, -0.05) is 0 Å². The molecule has 0 amide bonds. The van der Waals surface area contributed by atoms with Crippen molar-refractivity contribution >= 4 is 43.9 Å². The summed E-state index contributed by atoms with van der Waals surface area (Å²) in [6.07, 6.45) is 1.22. The molecule has 0 radical (unpaired) electrons. The van der Waals surface area contributed by atoms with Gasteiger partial charge in [0.15, 0.2) is 0 Å². The van der Waals surface area contributed by atoms with E-state index >= 15 is 0 Å². The number of hydrogen-bond donors (Lipinski definition) is 2. The number of carbonyl (C=O) groups is 1. The summed E-state index contributed by atoms with van der Waals surface area (Å²) in [6, 6.07) is 4.60. The van der Waals surface area contributed by atoms with Gasteiger partial charge in [-0.2, -0.15) is 5.26 Å². The van der Waals surface area contributed by atoms with E-state index in [1.807, 2.05) is 0 Å². The minimum atomic E-state index is -1.29. The lowest BCUT2D eigenvalue weighted by Gasteiger charge is -2.02. The highest BCUT2D eigenvalue weighted by atomic mass is 79.9. The number of hydrogen-bond acceptors (Lipinski definition) is 3. The lowest BCUT2D eigenvalue weighted by atomic mass is 10.1. The van der Waals surface area contributed by atoms with Gasteiger partial charge in [-0.25, -0.2) is 4.79 Å². The first-order valence-corrected chi connectivity index (χ1v) is 5.57. The summed E-state index contributed by atoms with van der Waals surface area (Å²) in [5, 5.41) is 26.7. The van der Waals surface area contributed by atoms with Crippen LogP contribution < -0.4 is 0 Å². The predicted octanol–water partition coefficient (Wildman–Crippen LogP) is 2.91. The molecular formula is C10H5Br2NO3. The van der Waals surface area contributed by atoms with Gasteiger partial charge in [-0.3, -0.25) is 0 Å². The Kier molecular flexibility index (Phi) is 4.10. The first kappa shape index (κ1) is 12.7. The van der Waals surface area contributed by atoms with Gasteiger partial charge in [0.1, 0.15) is 17.4 Å². The van der Waals surface area contributed by atoms with E-state index in [0.717, 1.165) is 0 Å². The average molecular weight is 347 g/mol. The molecule has 4 nitrogen and oxygen atoms in total. The minimum absolute atomic E-state index is 0.0194. The van der Waals surface area contributed by atoms with Crippen LogP contribution >= 0.6 is 31.9 Å². The lowest BCUT2D eigenvalue weighted by molar-refractivity contribution is -0.132. The first-order chi connectivity index (χ1) is 7.45. The van der Waals surface area contributed by atoms with Crippen LogP contribution in [0, 0.1) is 11.3 Å². The Hall–Kier alpha value is -1.32. The van der Waals surface area contributed by atoms with Crippen LogP contribution in [0.2, 0.25) is 0 Å². The second kappa shape index (κ2) is 5.14. The number of halogens is 2. The molecule has 0 heterocycles. The second-order valence-corrected chi connectivity index (χ2v) is 4.52. The zero-order valence-electron chi connectivity index (χ0n) is 7.74. The summed E-state index contributed by atoms with van der Waals surface area (Å²) in [5.74, 6) is -1.27. The van der Waals surface area contributed by atoms with E-state index < -0.39 is 5.97 Å². The zero-order valence-corrected chi connectivity index (χ0v) is 10.9. The Bertz CT molecular complexity index is 494. The van der Waals surface area contributed by atoms with Crippen molar-refractivity contribution in [2.75, 3.05) is 0 Å². The van der Waals surface area contributed by atoms with Crippen LogP contribution in [0.5, 0.6) is 5.75 Å². The molecule has 0 fully saturated rings. The molecule has 2 N–H and O–H groups in total. The smallest absolute Gasteiger partial charge is 0.346 e. The topological polar surface area (TPSA) is 81.3 Å². The third kappa shape index (κ3) is 2.84. The van der Waals surface area contributed by atoms with Crippen LogP contribution in [0.1, 0.15) is 5.56 Å². The van der Waals surface area contributed by atoms with Crippen molar-refractivity contribution in [3.8, 4) is 11.8 Å². The van der Waals surface area contributed by atoms with Gasteiger partial charge >= 0.3 is 5.97 Å². The third-order valence-corrected chi connectivity index (χ3v) is 2.91. The van der Waals surface area contributed by atoms with Crippen molar-refractivity contribution in [1.82, 2.24) is 0 Å². The molecule has 6 heteroatoms. The fourth-order valence-electron chi connectivity index (χ4n) is 0.977. The maximum Gasteiger partial charge on any atom is 0.346 e. The molecule has 1 rings (SSSR count). The normalized spacial score (nSPS) is 10.9. The quantitative estimate of drug-likeness (QED) is 0.637. The number of nitriles is 1. The number of nitrogens with zero attached hydrogens (tertiary/aromatic N) is 1. The largest absolute Gasteiger partial charge is 0.506 e. The number of carboxylic acid groups (broad SMARTS) is 1. The SMILES string of the molecule is N#CC(=Cc1cc(Br)c(O)c(Br)c1)C(=O)O. The first-order valence-electron chi connectivity index (χ1n) is 3.98. The molecule has 16 heavy (non-hydrogen) atoms. The van der Waals surface area contributed by atoms with Crippen molar-refractivity contribution in [3.05, 3.63) is 32.2 Å². The lowest BCUT2D eigenvalue weighted by Crippen LogP contribution is -1.97. The standard InChI is InChI=1S/C10H5Br2NO3/c11-7-2-5(3-8(12)9(7)14)1-6(4-13)10(15)16/h1-3,14H,(H,15,16). The molecule has 0 aliphatic heterocycles. The van der Waals surface area contributed by atoms with Gasteiger partial charge in [0, 0.05) is 0 Å². The monoisotopic (exact) mass is 345 g/mol. The highest BCUT2D eigenvalue weighted by Gasteiger charge is 2.08.